The number of aromatic nitrogens is 5. The molecule has 0 atom stereocenters. The molecule has 0 saturated carbocycles. The maximum atomic E-state index is 12.4. The Morgan fingerprint density at radius 3 is 2.65 bits per heavy atom. The highest BCUT2D eigenvalue weighted by molar-refractivity contribution is 5.97. The van der Waals surface area contributed by atoms with Crippen LogP contribution in [0.4, 0.5) is 0 Å². The molecule has 0 N–H and O–H groups in total. The van der Waals surface area contributed by atoms with Crippen molar-refractivity contribution in [3.8, 4) is 23.5 Å². The molecule has 2 aliphatic rings. The molecule has 6 rings (SSSR count). The van der Waals surface area contributed by atoms with Crippen LogP contribution in [0.5, 0.6) is 5.75 Å². The van der Waals surface area contributed by atoms with Gasteiger partial charge in [-0.25, -0.2) is 14.6 Å². The molecule has 10 nitrogen and oxygen atoms in total. The zero-order valence-electron chi connectivity index (χ0n) is 20.8. The van der Waals surface area contributed by atoms with Crippen molar-refractivity contribution >= 4 is 16.8 Å². The number of ketones is 1. The fourth-order valence-corrected chi connectivity index (χ4v) is 4.98. The molecular weight excluding hydrogens is 470 g/mol. The van der Waals surface area contributed by atoms with Gasteiger partial charge in [-0.2, -0.15) is 10.4 Å². The number of pyridine rings is 1. The lowest BCUT2D eigenvalue weighted by molar-refractivity contribution is -0.0778. The summed E-state index contributed by atoms with van der Waals surface area (Å²) in [6.07, 6.45) is 3.85. The third kappa shape index (κ3) is 4.37. The first kappa shape index (κ1) is 23.3. The highest BCUT2D eigenvalue weighted by Crippen LogP contribution is 2.27. The molecule has 4 aromatic rings. The van der Waals surface area contributed by atoms with Gasteiger partial charge in [0.2, 0.25) is 0 Å². The number of nitrogens with zero attached hydrogens (tertiary/aromatic N) is 7. The van der Waals surface area contributed by atoms with Crippen LogP contribution in [0, 0.1) is 18.3 Å². The van der Waals surface area contributed by atoms with Crippen molar-refractivity contribution in [2.45, 2.75) is 38.8 Å². The van der Waals surface area contributed by atoms with Gasteiger partial charge in [0.1, 0.15) is 30.1 Å². The Balaban J connectivity index is 1.30. The molecule has 0 radical (unpaired) electrons. The Morgan fingerprint density at radius 2 is 1.97 bits per heavy atom. The number of aryl methyl sites for hydroxylation is 1. The molecule has 2 saturated heterocycles. The number of ether oxygens (including phenoxy) is 2. The van der Waals surface area contributed by atoms with E-state index in [-0.39, 0.29) is 17.6 Å². The SMILES string of the molecule is CC(=O)c1ccc(-n2cnc3ccc(OC4CCN(C5COC5)CC4)cc32)nc1-n1nc(C#N)cc1C. The fourth-order valence-electron chi connectivity index (χ4n) is 4.98. The Bertz CT molecular complexity index is 1520. The summed E-state index contributed by atoms with van der Waals surface area (Å²) in [5.41, 5.74) is 3.07. The summed E-state index contributed by atoms with van der Waals surface area (Å²) in [6.45, 7) is 7.05. The highest BCUT2D eigenvalue weighted by atomic mass is 16.5. The molecule has 37 heavy (non-hydrogen) atoms. The number of rotatable bonds is 6. The van der Waals surface area contributed by atoms with Crippen LogP contribution in [-0.2, 0) is 4.74 Å². The monoisotopic (exact) mass is 497 g/mol. The predicted octanol–water partition coefficient (Wildman–Crippen LogP) is 3.23. The number of imidazole rings is 1. The molecule has 0 aliphatic carbocycles. The largest absolute Gasteiger partial charge is 0.490 e. The van der Waals surface area contributed by atoms with Gasteiger partial charge in [-0.15, -0.1) is 0 Å². The van der Waals surface area contributed by atoms with Crippen molar-refractivity contribution in [2.75, 3.05) is 26.3 Å². The van der Waals surface area contributed by atoms with Gasteiger partial charge in [-0.1, -0.05) is 0 Å². The van der Waals surface area contributed by atoms with Crippen LogP contribution >= 0.6 is 0 Å². The standard InChI is InChI=1S/C27H27N7O3/c1-17-11-19(13-28)31-34(17)27-23(18(2)35)4-6-26(30-27)33-16-29-24-5-3-22(12-25(24)33)37-21-7-9-32(10-8-21)20-14-36-15-20/h3-6,11-12,16,20-21H,7-10,14-15H2,1-2H3. The van der Waals surface area contributed by atoms with E-state index in [0.29, 0.717) is 28.9 Å². The number of carbonyl (C=O) groups excluding carboxylic acids is 1. The quantitative estimate of drug-likeness (QED) is 0.373. The predicted molar refractivity (Wildman–Crippen MR) is 135 cm³/mol. The van der Waals surface area contributed by atoms with Crippen LogP contribution in [-0.4, -0.2) is 73.4 Å². The van der Waals surface area contributed by atoms with Crippen LogP contribution in [0.3, 0.4) is 0 Å². The van der Waals surface area contributed by atoms with Crippen molar-refractivity contribution in [3.63, 3.8) is 0 Å². The van der Waals surface area contributed by atoms with Crippen LogP contribution in [0.1, 0.15) is 41.5 Å². The lowest BCUT2D eigenvalue weighted by Gasteiger charge is -2.41. The van der Waals surface area contributed by atoms with Gasteiger partial charge in [0.15, 0.2) is 17.3 Å². The van der Waals surface area contributed by atoms with Gasteiger partial charge in [0, 0.05) is 24.8 Å². The van der Waals surface area contributed by atoms with Gasteiger partial charge in [-0.05, 0) is 57.0 Å². The van der Waals surface area contributed by atoms with Crippen molar-refractivity contribution in [3.05, 3.63) is 59.7 Å². The summed E-state index contributed by atoms with van der Waals surface area (Å²) in [7, 11) is 0. The lowest BCUT2D eigenvalue weighted by atomic mass is 10.0. The van der Waals surface area contributed by atoms with E-state index in [1.165, 1.54) is 11.6 Å². The van der Waals surface area contributed by atoms with E-state index in [9.17, 15) is 10.1 Å². The second-order valence-electron chi connectivity index (χ2n) is 9.60. The molecular formula is C27H27N7O3. The smallest absolute Gasteiger partial charge is 0.166 e. The van der Waals surface area contributed by atoms with E-state index in [1.54, 1.807) is 24.5 Å². The molecule has 1 aromatic carbocycles. The van der Waals surface area contributed by atoms with Crippen LogP contribution in [0.15, 0.2) is 42.7 Å². The number of benzene rings is 1. The maximum Gasteiger partial charge on any atom is 0.166 e. The average molecular weight is 498 g/mol. The number of nitriles is 1. The summed E-state index contributed by atoms with van der Waals surface area (Å²) >= 11 is 0. The molecule has 10 heteroatoms. The van der Waals surface area contributed by atoms with E-state index in [1.807, 2.05) is 35.8 Å². The van der Waals surface area contributed by atoms with E-state index < -0.39 is 0 Å². The van der Waals surface area contributed by atoms with E-state index in [0.717, 1.165) is 55.9 Å². The molecule has 0 spiro atoms. The normalized spacial score (nSPS) is 17.0. The zero-order chi connectivity index (χ0) is 25.5. The Kier molecular flexibility index (Phi) is 5.94. The minimum atomic E-state index is -0.135. The molecule has 2 aliphatic heterocycles. The van der Waals surface area contributed by atoms with Crippen LogP contribution in [0.25, 0.3) is 22.7 Å². The van der Waals surface area contributed by atoms with Crippen molar-refractivity contribution in [1.29, 1.82) is 5.26 Å². The first-order valence-electron chi connectivity index (χ1n) is 12.4. The lowest BCUT2D eigenvalue weighted by Crippen LogP contribution is -2.52. The van der Waals surface area contributed by atoms with Gasteiger partial charge in [0.25, 0.3) is 0 Å². The van der Waals surface area contributed by atoms with E-state index >= 15 is 0 Å². The third-order valence-electron chi connectivity index (χ3n) is 7.12. The number of Topliss-reactive ketones (excluding diaryl/α,β-unsaturated/α-hetero) is 1. The summed E-state index contributed by atoms with van der Waals surface area (Å²) in [5, 5.41) is 13.6. The molecule has 0 unspecified atom stereocenters. The second kappa shape index (κ2) is 9.42. The minimum Gasteiger partial charge on any atom is -0.490 e. The van der Waals surface area contributed by atoms with Gasteiger partial charge < -0.3 is 9.47 Å². The van der Waals surface area contributed by atoms with Gasteiger partial charge >= 0.3 is 0 Å². The first-order valence-corrected chi connectivity index (χ1v) is 12.4. The molecule has 5 heterocycles. The molecule has 3 aromatic heterocycles. The number of hydrogen-bond donors (Lipinski definition) is 0. The second-order valence-corrected chi connectivity index (χ2v) is 9.60. The summed E-state index contributed by atoms with van der Waals surface area (Å²) in [4.78, 5) is 24.2. The van der Waals surface area contributed by atoms with Gasteiger partial charge in [-0.3, -0.25) is 14.3 Å². The van der Waals surface area contributed by atoms with Crippen LogP contribution < -0.4 is 4.74 Å². The molecule has 0 bridgehead atoms. The number of hydrogen-bond acceptors (Lipinski definition) is 8. The maximum absolute atomic E-state index is 12.4. The highest BCUT2D eigenvalue weighted by Gasteiger charge is 2.30. The zero-order valence-corrected chi connectivity index (χ0v) is 20.8. The van der Waals surface area contributed by atoms with E-state index in [4.69, 9.17) is 14.5 Å². The fraction of sp³-hybridized carbons (Fsp3) is 0.370. The van der Waals surface area contributed by atoms with Crippen molar-refractivity contribution in [2.24, 2.45) is 0 Å². The van der Waals surface area contributed by atoms with Crippen molar-refractivity contribution in [1.82, 2.24) is 29.2 Å². The number of fused-ring (bicyclic) bond motifs is 1. The topological polar surface area (TPSA) is 111 Å². The van der Waals surface area contributed by atoms with E-state index in [2.05, 4.69) is 15.0 Å². The third-order valence-corrected chi connectivity index (χ3v) is 7.12. The first-order chi connectivity index (χ1) is 18.0. The van der Waals surface area contributed by atoms with Crippen molar-refractivity contribution < 1.29 is 14.3 Å². The number of carbonyl (C=O) groups is 1. The van der Waals surface area contributed by atoms with Crippen LogP contribution in [0.2, 0.25) is 0 Å². The van der Waals surface area contributed by atoms with Gasteiger partial charge in [0.05, 0.1) is 35.9 Å². The molecule has 188 valence electrons. The Labute approximate surface area is 214 Å². The number of likely N-dealkylation sites (tertiary alicyclic amines) is 1. The molecule has 2 fully saturated rings. The summed E-state index contributed by atoms with van der Waals surface area (Å²) < 4.78 is 15.1. The Hall–Kier alpha value is -4.07. The minimum absolute atomic E-state index is 0.135. The Morgan fingerprint density at radius 1 is 1.16 bits per heavy atom. The summed E-state index contributed by atoms with van der Waals surface area (Å²) in [5.74, 6) is 1.62. The number of piperidine rings is 1. The average Bonchev–Trinajstić information content (AvgIpc) is 3.46. The molecule has 0 amide bonds. The summed E-state index contributed by atoms with van der Waals surface area (Å²) in [6, 6.07) is 13.7.